The molecule has 0 aliphatic heterocycles. The number of thioether (sulfide) groups is 1. The second-order valence-electron chi connectivity index (χ2n) is 3.46. The molecule has 1 aromatic heterocycles. The van der Waals surface area contributed by atoms with Crippen LogP contribution in [0, 0.1) is 11.8 Å². The minimum absolute atomic E-state index is 0.223. The maximum absolute atomic E-state index is 11.9. The zero-order valence-electron chi connectivity index (χ0n) is 10.3. The van der Waals surface area contributed by atoms with Crippen LogP contribution >= 0.6 is 11.8 Å². The third kappa shape index (κ3) is 4.78. The number of pyridine rings is 1. The summed E-state index contributed by atoms with van der Waals surface area (Å²) < 4.78 is 0. The zero-order valence-corrected chi connectivity index (χ0v) is 11.1. The summed E-state index contributed by atoms with van der Waals surface area (Å²) in [4.78, 5) is 15.9. The van der Waals surface area contributed by atoms with Gasteiger partial charge in [0.05, 0.1) is 5.56 Å². The molecule has 0 fully saturated rings. The maximum atomic E-state index is 11.9. The molecule has 4 nitrogen and oxygen atoms in total. The van der Waals surface area contributed by atoms with Crippen LogP contribution in [0.1, 0.15) is 22.5 Å². The van der Waals surface area contributed by atoms with Gasteiger partial charge in [-0.2, -0.15) is 11.8 Å². The van der Waals surface area contributed by atoms with Crippen LogP contribution in [0.4, 0.5) is 0 Å². The molecule has 0 aliphatic carbocycles. The molecule has 0 bridgehead atoms. The molecule has 0 atom stereocenters. The molecule has 0 unspecified atom stereocenters. The highest BCUT2D eigenvalue weighted by atomic mass is 32.2. The number of carbonyl (C=O) groups excluding carboxylic acids is 1. The third-order valence-electron chi connectivity index (χ3n) is 2.14. The number of hydrogen-bond donors (Lipinski definition) is 2. The van der Waals surface area contributed by atoms with E-state index in [1.54, 1.807) is 30.1 Å². The van der Waals surface area contributed by atoms with Crippen molar-refractivity contribution in [3.05, 3.63) is 29.6 Å². The Labute approximate surface area is 111 Å². The van der Waals surface area contributed by atoms with Gasteiger partial charge in [-0.15, -0.1) is 0 Å². The first-order chi connectivity index (χ1) is 8.79. The highest BCUT2D eigenvalue weighted by Gasteiger charge is 2.10. The van der Waals surface area contributed by atoms with Gasteiger partial charge in [-0.1, -0.05) is 11.8 Å². The Balaban J connectivity index is 2.67. The number of carbonyl (C=O) groups is 1. The largest absolute Gasteiger partial charge is 0.384 e. The van der Waals surface area contributed by atoms with Gasteiger partial charge in [0.2, 0.25) is 0 Å². The summed E-state index contributed by atoms with van der Waals surface area (Å²) in [7, 11) is 0. The Morgan fingerprint density at radius 1 is 1.61 bits per heavy atom. The lowest BCUT2D eigenvalue weighted by molar-refractivity contribution is 0.0948. The fourth-order valence-corrected chi connectivity index (χ4v) is 1.76. The molecule has 18 heavy (non-hydrogen) atoms. The van der Waals surface area contributed by atoms with Gasteiger partial charge in [-0.25, -0.2) is 4.98 Å². The average molecular weight is 264 g/mol. The Bertz CT molecular complexity index is 452. The van der Waals surface area contributed by atoms with E-state index in [0.717, 1.165) is 12.2 Å². The smallest absolute Gasteiger partial charge is 0.271 e. The van der Waals surface area contributed by atoms with Gasteiger partial charge in [0, 0.05) is 12.7 Å². The number of aliphatic hydroxyl groups excluding tert-OH is 1. The Morgan fingerprint density at radius 2 is 2.44 bits per heavy atom. The predicted molar refractivity (Wildman–Crippen MR) is 73.5 cm³/mol. The van der Waals surface area contributed by atoms with E-state index in [-0.39, 0.29) is 12.5 Å². The van der Waals surface area contributed by atoms with Crippen molar-refractivity contribution in [2.45, 2.75) is 6.42 Å². The van der Waals surface area contributed by atoms with Gasteiger partial charge < -0.3 is 10.4 Å². The summed E-state index contributed by atoms with van der Waals surface area (Å²) in [5.41, 5.74) is 0.844. The van der Waals surface area contributed by atoms with E-state index in [1.165, 1.54) is 0 Å². The van der Waals surface area contributed by atoms with E-state index < -0.39 is 0 Å². The minimum Gasteiger partial charge on any atom is -0.384 e. The van der Waals surface area contributed by atoms with Gasteiger partial charge in [-0.05, 0) is 30.6 Å². The van der Waals surface area contributed by atoms with E-state index in [4.69, 9.17) is 5.11 Å². The standard InChI is InChI=1S/C13H16N2O2S/c1-18-10-4-8-15-13(17)12-11(6-3-9-16)5-2-7-14-12/h2,5,7,16H,4,8-10H2,1H3,(H,15,17). The normalized spacial score (nSPS) is 9.44. The summed E-state index contributed by atoms with van der Waals surface area (Å²) >= 11 is 1.75. The molecule has 0 saturated carbocycles. The fraction of sp³-hybridized carbons (Fsp3) is 0.385. The Morgan fingerprint density at radius 3 is 3.17 bits per heavy atom. The van der Waals surface area contributed by atoms with Crippen molar-refractivity contribution < 1.29 is 9.90 Å². The number of nitrogens with one attached hydrogen (secondary N) is 1. The van der Waals surface area contributed by atoms with Crippen LogP contribution in [-0.4, -0.2) is 41.2 Å². The molecule has 0 spiro atoms. The highest BCUT2D eigenvalue weighted by Crippen LogP contribution is 2.03. The van der Waals surface area contributed by atoms with Gasteiger partial charge in [0.15, 0.2) is 0 Å². The van der Waals surface area contributed by atoms with Crippen molar-refractivity contribution in [3.63, 3.8) is 0 Å². The number of nitrogens with zero attached hydrogens (tertiary/aromatic N) is 1. The van der Waals surface area contributed by atoms with Crippen LogP contribution in [0.25, 0.3) is 0 Å². The van der Waals surface area contributed by atoms with E-state index in [2.05, 4.69) is 22.1 Å². The van der Waals surface area contributed by atoms with Gasteiger partial charge in [0.25, 0.3) is 5.91 Å². The van der Waals surface area contributed by atoms with Gasteiger partial charge >= 0.3 is 0 Å². The van der Waals surface area contributed by atoms with Crippen molar-refractivity contribution in [3.8, 4) is 11.8 Å². The van der Waals surface area contributed by atoms with Crippen molar-refractivity contribution in [2.75, 3.05) is 25.2 Å². The van der Waals surface area contributed by atoms with Crippen LogP contribution in [-0.2, 0) is 0 Å². The summed E-state index contributed by atoms with van der Waals surface area (Å²) in [5.74, 6) is 6.03. The SMILES string of the molecule is CSCCCNC(=O)c1ncccc1C#CCO. The monoisotopic (exact) mass is 264 g/mol. The number of hydrogen-bond acceptors (Lipinski definition) is 4. The molecule has 2 N–H and O–H groups in total. The molecule has 5 heteroatoms. The molecule has 1 rings (SSSR count). The summed E-state index contributed by atoms with van der Waals surface area (Å²) in [6.45, 7) is 0.396. The number of aromatic nitrogens is 1. The molecular formula is C13H16N2O2S. The minimum atomic E-state index is -0.232. The first-order valence-corrected chi connectivity index (χ1v) is 7.01. The molecule has 0 aliphatic rings. The van der Waals surface area contributed by atoms with Crippen molar-refractivity contribution in [1.82, 2.24) is 10.3 Å². The van der Waals surface area contributed by atoms with Crippen LogP contribution in [0.15, 0.2) is 18.3 Å². The summed E-state index contributed by atoms with van der Waals surface area (Å²) in [6, 6.07) is 3.43. The average Bonchev–Trinajstić information content (AvgIpc) is 2.41. The van der Waals surface area contributed by atoms with E-state index in [0.29, 0.717) is 17.8 Å². The Kier molecular flexibility index (Phi) is 6.92. The predicted octanol–water partition coefficient (Wildman–Crippen LogP) is 0.908. The molecule has 0 aromatic carbocycles. The lowest BCUT2D eigenvalue weighted by Gasteiger charge is -2.05. The summed E-state index contributed by atoms with van der Waals surface area (Å²) in [5, 5.41) is 11.5. The van der Waals surface area contributed by atoms with Gasteiger partial charge in [0.1, 0.15) is 12.3 Å². The summed E-state index contributed by atoms with van der Waals surface area (Å²) in [6.07, 6.45) is 4.52. The first kappa shape index (κ1) is 14.6. The Hall–Kier alpha value is -1.51. The zero-order chi connectivity index (χ0) is 13.2. The molecular weight excluding hydrogens is 248 g/mol. The number of rotatable bonds is 5. The van der Waals surface area contributed by atoms with E-state index >= 15 is 0 Å². The lowest BCUT2D eigenvalue weighted by atomic mass is 10.2. The maximum Gasteiger partial charge on any atom is 0.271 e. The van der Waals surface area contributed by atoms with Crippen molar-refractivity contribution in [1.29, 1.82) is 0 Å². The fourth-order valence-electron chi connectivity index (χ4n) is 1.32. The van der Waals surface area contributed by atoms with E-state index in [9.17, 15) is 4.79 Å². The number of aliphatic hydroxyl groups is 1. The van der Waals surface area contributed by atoms with Crippen LogP contribution in [0.3, 0.4) is 0 Å². The second-order valence-corrected chi connectivity index (χ2v) is 4.45. The molecule has 1 heterocycles. The van der Waals surface area contributed by atoms with Gasteiger partial charge in [-0.3, -0.25) is 4.79 Å². The molecule has 1 aromatic rings. The molecule has 0 saturated heterocycles. The highest BCUT2D eigenvalue weighted by molar-refractivity contribution is 7.98. The van der Waals surface area contributed by atoms with Crippen LogP contribution in [0.2, 0.25) is 0 Å². The quantitative estimate of drug-likeness (QED) is 0.613. The molecule has 0 radical (unpaired) electrons. The van der Waals surface area contributed by atoms with Crippen molar-refractivity contribution >= 4 is 17.7 Å². The lowest BCUT2D eigenvalue weighted by Crippen LogP contribution is -2.26. The third-order valence-corrected chi connectivity index (χ3v) is 2.83. The van der Waals surface area contributed by atoms with Crippen LogP contribution in [0.5, 0.6) is 0 Å². The number of amides is 1. The van der Waals surface area contributed by atoms with E-state index in [1.807, 2.05) is 6.26 Å². The topological polar surface area (TPSA) is 62.2 Å². The second kappa shape index (κ2) is 8.56. The van der Waals surface area contributed by atoms with Crippen molar-refractivity contribution in [2.24, 2.45) is 0 Å². The molecule has 96 valence electrons. The molecule has 1 amide bonds. The first-order valence-electron chi connectivity index (χ1n) is 5.61. The van der Waals surface area contributed by atoms with Crippen LogP contribution < -0.4 is 5.32 Å².